The Labute approximate surface area is 140 Å². The van der Waals surface area contributed by atoms with Crippen molar-refractivity contribution in [2.75, 3.05) is 11.4 Å². The quantitative estimate of drug-likeness (QED) is 0.648. The highest BCUT2D eigenvalue weighted by atomic mass is 32.2. The van der Waals surface area contributed by atoms with Gasteiger partial charge in [-0.05, 0) is 18.4 Å². The molecular formula is C19H19N2OS+. The summed E-state index contributed by atoms with van der Waals surface area (Å²) in [5.74, 6) is 0.876. The minimum absolute atomic E-state index is 0.876. The zero-order valence-electron chi connectivity index (χ0n) is 13.5. The van der Waals surface area contributed by atoms with E-state index in [1.165, 1.54) is 26.4 Å². The number of hydrogen-bond donors (Lipinski definition) is 0. The van der Waals surface area contributed by atoms with Gasteiger partial charge in [0.05, 0.1) is 16.8 Å². The number of hydrogen-bond acceptors (Lipinski definition) is 3. The van der Waals surface area contributed by atoms with Gasteiger partial charge in [-0.1, -0.05) is 42.1 Å². The van der Waals surface area contributed by atoms with Gasteiger partial charge >= 0.3 is 5.89 Å². The Hall–Kier alpha value is -2.20. The van der Waals surface area contributed by atoms with E-state index in [1.54, 1.807) is 6.26 Å². The second kappa shape index (κ2) is 5.46. The van der Waals surface area contributed by atoms with Crippen molar-refractivity contribution in [3.63, 3.8) is 0 Å². The first kappa shape index (κ1) is 14.4. The lowest BCUT2D eigenvalue weighted by Gasteiger charge is -2.19. The summed E-state index contributed by atoms with van der Waals surface area (Å²) in [5, 5.41) is 3.80. The minimum atomic E-state index is 0.876. The van der Waals surface area contributed by atoms with E-state index < -0.39 is 0 Å². The van der Waals surface area contributed by atoms with Gasteiger partial charge in [-0.15, -0.1) is 0 Å². The Kier molecular flexibility index (Phi) is 3.42. The molecule has 2 heterocycles. The summed E-state index contributed by atoms with van der Waals surface area (Å²) < 4.78 is 7.75. The van der Waals surface area contributed by atoms with Crippen LogP contribution >= 0.6 is 11.8 Å². The largest absolute Gasteiger partial charge is 0.406 e. The molecule has 0 aliphatic carbocycles. The topological polar surface area (TPSA) is 20.3 Å². The molecule has 0 fully saturated rings. The molecule has 0 atom stereocenters. The van der Waals surface area contributed by atoms with Crippen LogP contribution in [0.1, 0.15) is 18.5 Å². The number of rotatable bonds is 2. The zero-order valence-corrected chi connectivity index (χ0v) is 14.4. The lowest BCUT2D eigenvalue weighted by atomic mass is 10.1. The van der Waals surface area contributed by atoms with Crippen LogP contribution in [0.2, 0.25) is 0 Å². The fourth-order valence-electron chi connectivity index (χ4n) is 3.01. The van der Waals surface area contributed by atoms with Crippen LogP contribution in [0.4, 0.5) is 5.69 Å². The van der Waals surface area contributed by atoms with Gasteiger partial charge in [0, 0.05) is 23.8 Å². The molecule has 0 saturated carbocycles. The predicted molar refractivity (Wildman–Crippen MR) is 95.4 cm³/mol. The highest BCUT2D eigenvalue weighted by molar-refractivity contribution is 8.04. The van der Waals surface area contributed by atoms with Crippen molar-refractivity contribution in [2.24, 2.45) is 7.05 Å². The van der Waals surface area contributed by atoms with Crippen LogP contribution in [0.5, 0.6) is 0 Å². The lowest BCUT2D eigenvalue weighted by molar-refractivity contribution is -0.682. The third kappa shape index (κ3) is 2.25. The molecule has 1 aromatic heterocycles. The monoisotopic (exact) mass is 323 g/mol. The maximum absolute atomic E-state index is 5.68. The Morgan fingerprint density at radius 2 is 2.04 bits per heavy atom. The van der Waals surface area contributed by atoms with Crippen molar-refractivity contribution in [1.82, 2.24) is 0 Å². The van der Waals surface area contributed by atoms with E-state index in [0.717, 1.165) is 18.1 Å². The van der Waals surface area contributed by atoms with Gasteiger partial charge in [0.25, 0.3) is 0 Å². The molecule has 0 N–H and O–H groups in total. The van der Waals surface area contributed by atoms with Crippen LogP contribution in [0.15, 0.2) is 57.0 Å². The summed E-state index contributed by atoms with van der Waals surface area (Å²) in [7, 11) is 2.03. The molecule has 0 radical (unpaired) electrons. The first-order chi connectivity index (χ1) is 11.2. The van der Waals surface area contributed by atoms with Crippen molar-refractivity contribution >= 4 is 34.3 Å². The van der Waals surface area contributed by atoms with Crippen molar-refractivity contribution in [1.29, 1.82) is 0 Å². The molecular weight excluding hydrogens is 304 g/mol. The highest BCUT2D eigenvalue weighted by Gasteiger charge is 2.27. The molecule has 0 unspecified atom stereocenters. The van der Waals surface area contributed by atoms with Crippen LogP contribution in [-0.4, -0.2) is 6.54 Å². The summed E-state index contributed by atoms with van der Waals surface area (Å²) in [5.41, 5.74) is 2.43. The van der Waals surface area contributed by atoms with E-state index in [0.29, 0.717) is 0 Å². The highest BCUT2D eigenvalue weighted by Crippen LogP contribution is 2.49. The van der Waals surface area contributed by atoms with Gasteiger partial charge in [-0.3, -0.25) is 0 Å². The Morgan fingerprint density at radius 1 is 1.22 bits per heavy atom. The smallest absolute Gasteiger partial charge is 0.375 e. The van der Waals surface area contributed by atoms with Gasteiger partial charge in [-0.2, -0.15) is 4.57 Å². The van der Waals surface area contributed by atoms with Crippen LogP contribution < -0.4 is 9.47 Å². The van der Waals surface area contributed by atoms with E-state index in [1.807, 2.05) is 25.7 Å². The first-order valence-electron chi connectivity index (χ1n) is 7.82. The molecule has 2 aromatic carbocycles. The van der Waals surface area contributed by atoms with Gasteiger partial charge in [-0.25, -0.2) is 0 Å². The van der Waals surface area contributed by atoms with Gasteiger partial charge in [0.2, 0.25) is 5.69 Å². The molecule has 3 nitrogen and oxygen atoms in total. The number of nitrogens with zero attached hydrogens (tertiary/aromatic N) is 2. The summed E-state index contributed by atoms with van der Waals surface area (Å²) in [4.78, 5) is 3.68. The molecule has 4 heteroatoms. The maximum Gasteiger partial charge on any atom is 0.375 e. The van der Waals surface area contributed by atoms with E-state index in [4.69, 9.17) is 4.42 Å². The van der Waals surface area contributed by atoms with Crippen molar-refractivity contribution < 1.29 is 8.98 Å². The van der Waals surface area contributed by atoms with Crippen molar-refractivity contribution in [3.8, 4) is 0 Å². The van der Waals surface area contributed by atoms with Gasteiger partial charge < -0.3 is 9.32 Å². The van der Waals surface area contributed by atoms with E-state index >= 15 is 0 Å². The number of anilines is 1. The molecule has 0 amide bonds. The first-order valence-corrected chi connectivity index (χ1v) is 8.63. The molecule has 23 heavy (non-hydrogen) atoms. The second-order valence-electron chi connectivity index (χ2n) is 5.74. The van der Waals surface area contributed by atoms with Crippen LogP contribution in [-0.2, 0) is 7.05 Å². The summed E-state index contributed by atoms with van der Waals surface area (Å²) in [6.07, 6.45) is 3.93. The normalized spacial score (nSPS) is 15.6. The van der Waals surface area contributed by atoms with Gasteiger partial charge in [0.1, 0.15) is 7.05 Å². The number of aromatic nitrogens is 1. The number of thioether (sulfide) groups is 1. The molecule has 0 bridgehead atoms. The number of benzene rings is 2. The second-order valence-corrected chi connectivity index (χ2v) is 6.80. The molecule has 0 saturated heterocycles. The average Bonchev–Trinajstić information content (AvgIpc) is 3.09. The lowest BCUT2D eigenvalue weighted by Crippen LogP contribution is -2.32. The van der Waals surface area contributed by atoms with Crippen molar-refractivity contribution in [2.45, 2.75) is 18.7 Å². The minimum Gasteiger partial charge on any atom is -0.406 e. The fraction of sp³-hybridized carbons (Fsp3) is 0.211. The van der Waals surface area contributed by atoms with Crippen LogP contribution in [0.25, 0.3) is 16.8 Å². The standard InChI is InChI=1S/C19H19N2OS/c1-4-21-18(11-17-20(3)13(2)12-22-17)23-16-10-9-14-7-5-6-8-15(14)19(16)21/h5-12H,4H2,1-3H3/q+1. The summed E-state index contributed by atoms with van der Waals surface area (Å²) >= 11 is 1.81. The van der Waals surface area contributed by atoms with E-state index in [-0.39, 0.29) is 0 Å². The number of aryl methyl sites for hydroxylation is 1. The van der Waals surface area contributed by atoms with E-state index in [9.17, 15) is 0 Å². The molecule has 3 aromatic rings. The third-order valence-electron chi connectivity index (χ3n) is 4.39. The Balaban J connectivity index is 1.86. The van der Waals surface area contributed by atoms with Crippen molar-refractivity contribution in [3.05, 3.63) is 59.3 Å². The fourth-order valence-corrected chi connectivity index (χ4v) is 4.18. The Morgan fingerprint density at radius 3 is 2.78 bits per heavy atom. The Bertz CT molecular complexity index is 926. The molecule has 1 aliphatic heterocycles. The maximum atomic E-state index is 5.68. The number of oxazole rings is 1. The third-order valence-corrected chi connectivity index (χ3v) is 5.48. The molecule has 1 aliphatic rings. The summed E-state index contributed by atoms with van der Waals surface area (Å²) in [6.45, 7) is 5.18. The molecule has 4 rings (SSSR count). The van der Waals surface area contributed by atoms with E-state index in [2.05, 4.69) is 58.9 Å². The zero-order chi connectivity index (χ0) is 16.0. The van der Waals surface area contributed by atoms with Crippen LogP contribution in [0, 0.1) is 6.92 Å². The molecule has 116 valence electrons. The summed E-state index contributed by atoms with van der Waals surface area (Å²) in [6, 6.07) is 13.0. The van der Waals surface area contributed by atoms with Gasteiger partial charge in [0.15, 0.2) is 6.26 Å². The van der Waals surface area contributed by atoms with Crippen LogP contribution in [0.3, 0.4) is 0 Å². The average molecular weight is 323 g/mol. The molecule has 0 spiro atoms. The number of fused-ring (bicyclic) bond motifs is 3. The SMILES string of the molecule is CCN1C(=Cc2occ(C)[n+]2C)Sc2ccc3ccccc3c21. The predicted octanol–water partition coefficient (Wildman–Crippen LogP) is 4.50.